The number of ether oxygens (including phenoxy) is 1. The van der Waals surface area contributed by atoms with Gasteiger partial charge in [0.25, 0.3) is 0 Å². The molecule has 2 aromatic rings. The third kappa shape index (κ3) is 3.75. The van der Waals surface area contributed by atoms with Crippen molar-refractivity contribution in [2.75, 3.05) is 18.5 Å². The van der Waals surface area contributed by atoms with E-state index in [0.29, 0.717) is 13.2 Å². The third-order valence-electron chi connectivity index (χ3n) is 2.41. The first-order valence-corrected chi connectivity index (χ1v) is 5.86. The first kappa shape index (κ1) is 12.4. The molecule has 1 heterocycles. The third-order valence-corrected chi connectivity index (χ3v) is 2.41. The van der Waals surface area contributed by atoms with Crippen molar-refractivity contribution in [3.63, 3.8) is 0 Å². The van der Waals surface area contributed by atoms with Crippen molar-refractivity contribution in [2.45, 2.75) is 6.54 Å². The number of aliphatic hydroxyl groups excluding tert-OH is 1. The Hall–Kier alpha value is -2.07. The topological polar surface area (TPSA) is 54.4 Å². The predicted octanol–water partition coefficient (Wildman–Crippen LogP) is 2.06. The Labute approximate surface area is 106 Å². The summed E-state index contributed by atoms with van der Waals surface area (Å²) in [5.41, 5.74) is 2.01. The highest BCUT2D eigenvalue weighted by Crippen LogP contribution is 2.16. The monoisotopic (exact) mass is 244 g/mol. The van der Waals surface area contributed by atoms with Crippen molar-refractivity contribution in [2.24, 2.45) is 0 Å². The van der Waals surface area contributed by atoms with E-state index in [1.54, 1.807) is 6.20 Å². The van der Waals surface area contributed by atoms with Crippen molar-refractivity contribution in [3.05, 3.63) is 54.4 Å². The van der Waals surface area contributed by atoms with E-state index in [2.05, 4.69) is 10.3 Å². The second-order valence-corrected chi connectivity index (χ2v) is 3.77. The first-order valence-electron chi connectivity index (χ1n) is 5.86. The van der Waals surface area contributed by atoms with Crippen LogP contribution in [0.25, 0.3) is 0 Å². The maximum absolute atomic E-state index is 8.65. The smallest absolute Gasteiger partial charge is 0.119 e. The van der Waals surface area contributed by atoms with E-state index in [4.69, 9.17) is 9.84 Å². The van der Waals surface area contributed by atoms with Crippen molar-refractivity contribution >= 4 is 5.69 Å². The van der Waals surface area contributed by atoms with Gasteiger partial charge in [0.15, 0.2) is 0 Å². The van der Waals surface area contributed by atoms with Gasteiger partial charge in [-0.05, 0) is 36.4 Å². The molecule has 94 valence electrons. The van der Waals surface area contributed by atoms with Gasteiger partial charge < -0.3 is 15.2 Å². The van der Waals surface area contributed by atoms with Gasteiger partial charge in [-0.15, -0.1) is 0 Å². The van der Waals surface area contributed by atoms with Gasteiger partial charge in [-0.1, -0.05) is 6.07 Å². The van der Waals surface area contributed by atoms with E-state index in [9.17, 15) is 0 Å². The molecule has 0 amide bonds. The second-order valence-electron chi connectivity index (χ2n) is 3.77. The molecule has 18 heavy (non-hydrogen) atoms. The summed E-state index contributed by atoms with van der Waals surface area (Å²) in [4.78, 5) is 4.24. The van der Waals surface area contributed by atoms with Crippen LogP contribution in [0.15, 0.2) is 48.7 Å². The van der Waals surface area contributed by atoms with Gasteiger partial charge >= 0.3 is 0 Å². The van der Waals surface area contributed by atoms with E-state index < -0.39 is 0 Å². The average molecular weight is 244 g/mol. The van der Waals surface area contributed by atoms with Gasteiger partial charge in [0.1, 0.15) is 12.4 Å². The summed E-state index contributed by atoms with van der Waals surface area (Å²) in [6, 6.07) is 13.5. The lowest BCUT2D eigenvalue weighted by Gasteiger charge is -2.08. The van der Waals surface area contributed by atoms with Crippen LogP contribution in [-0.4, -0.2) is 23.3 Å². The molecule has 0 bridgehead atoms. The quantitative estimate of drug-likeness (QED) is 0.816. The van der Waals surface area contributed by atoms with Crippen LogP contribution in [0, 0.1) is 0 Å². The molecule has 1 aromatic heterocycles. The second kappa shape index (κ2) is 6.61. The molecule has 4 heteroatoms. The summed E-state index contributed by atoms with van der Waals surface area (Å²) in [5, 5.41) is 11.9. The standard InChI is InChI=1S/C14H16N2O2/c17-9-10-18-14-6-4-12(5-7-14)16-11-13-3-1-2-8-15-13/h1-8,16-17H,9-11H2. The number of benzene rings is 1. The molecular formula is C14H16N2O2. The molecular weight excluding hydrogens is 228 g/mol. The van der Waals surface area contributed by atoms with Gasteiger partial charge in [-0.3, -0.25) is 4.98 Å². The molecule has 4 nitrogen and oxygen atoms in total. The molecule has 0 aliphatic heterocycles. The largest absolute Gasteiger partial charge is 0.491 e. The molecule has 2 N–H and O–H groups in total. The van der Waals surface area contributed by atoms with E-state index in [-0.39, 0.29) is 6.61 Å². The van der Waals surface area contributed by atoms with Crippen LogP contribution >= 0.6 is 0 Å². The minimum Gasteiger partial charge on any atom is -0.491 e. The van der Waals surface area contributed by atoms with Crippen LogP contribution in [-0.2, 0) is 6.54 Å². The van der Waals surface area contributed by atoms with Crippen LogP contribution < -0.4 is 10.1 Å². The summed E-state index contributed by atoms with van der Waals surface area (Å²) < 4.78 is 5.28. The fraction of sp³-hybridized carbons (Fsp3) is 0.214. The number of rotatable bonds is 6. The van der Waals surface area contributed by atoms with E-state index >= 15 is 0 Å². The van der Waals surface area contributed by atoms with Gasteiger partial charge in [-0.2, -0.15) is 0 Å². The van der Waals surface area contributed by atoms with Gasteiger partial charge in [0.2, 0.25) is 0 Å². The highest BCUT2D eigenvalue weighted by atomic mass is 16.5. The SMILES string of the molecule is OCCOc1ccc(NCc2ccccn2)cc1. The number of hydrogen-bond acceptors (Lipinski definition) is 4. The molecule has 0 unspecified atom stereocenters. The number of nitrogens with zero attached hydrogens (tertiary/aromatic N) is 1. The summed E-state index contributed by atoms with van der Waals surface area (Å²) in [5.74, 6) is 0.757. The summed E-state index contributed by atoms with van der Waals surface area (Å²) in [6.07, 6.45) is 1.78. The zero-order chi connectivity index (χ0) is 12.6. The lowest BCUT2D eigenvalue weighted by molar-refractivity contribution is 0.201. The van der Waals surface area contributed by atoms with Crippen LogP contribution in [0.4, 0.5) is 5.69 Å². The van der Waals surface area contributed by atoms with E-state index in [1.807, 2.05) is 42.5 Å². The lowest BCUT2D eigenvalue weighted by atomic mass is 10.3. The zero-order valence-corrected chi connectivity index (χ0v) is 10.0. The van der Waals surface area contributed by atoms with E-state index in [1.165, 1.54) is 0 Å². The van der Waals surface area contributed by atoms with Crippen LogP contribution in [0.5, 0.6) is 5.75 Å². The minimum absolute atomic E-state index is 0.0275. The molecule has 2 rings (SSSR count). The maximum atomic E-state index is 8.65. The van der Waals surface area contributed by atoms with Crippen LogP contribution in [0.3, 0.4) is 0 Å². The summed E-state index contributed by atoms with van der Waals surface area (Å²) in [6.45, 7) is 1.04. The Balaban J connectivity index is 1.86. The Bertz CT molecular complexity index is 457. The minimum atomic E-state index is 0.0275. The van der Waals surface area contributed by atoms with Gasteiger partial charge in [0.05, 0.1) is 18.8 Å². The maximum Gasteiger partial charge on any atom is 0.119 e. The number of aromatic nitrogens is 1. The van der Waals surface area contributed by atoms with Gasteiger partial charge in [0, 0.05) is 11.9 Å². The Morgan fingerprint density at radius 2 is 1.94 bits per heavy atom. The Morgan fingerprint density at radius 3 is 2.61 bits per heavy atom. The van der Waals surface area contributed by atoms with Crippen molar-refractivity contribution < 1.29 is 9.84 Å². The molecule has 0 saturated carbocycles. The fourth-order valence-corrected chi connectivity index (χ4v) is 1.53. The average Bonchev–Trinajstić information content (AvgIpc) is 2.45. The van der Waals surface area contributed by atoms with Crippen molar-refractivity contribution in [1.82, 2.24) is 4.98 Å². The lowest BCUT2D eigenvalue weighted by Crippen LogP contribution is -2.02. The summed E-state index contributed by atoms with van der Waals surface area (Å²) in [7, 11) is 0. The molecule has 1 aromatic carbocycles. The number of aliphatic hydroxyl groups is 1. The number of nitrogens with one attached hydrogen (secondary N) is 1. The highest BCUT2D eigenvalue weighted by Gasteiger charge is 1.96. The molecule has 0 atom stereocenters. The number of anilines is 1. The number of pyridine rings is 1. The number of hydrogen-bond donors (Lipinski definition) is 2. The molecule has 0 radical (unpaired) electrons. The van der Waals surface area contributed by atoms with Gasteiger partial charge in [-0.25, -0.2) is 0 Å². The van der Waals surface area contributed by atoms with Crippen molar-refractivity contribution in [3.8, 4) is 5.75 Å². The molecule has 0 saturated heterocycles. The Morgan fingerprint density at radius 1 is 1.11 bits per heavy atom. The Kier molecular flexibility index (Phi) is 4.55. The zero-order valence-electron chi connectivity index (χ0n) is 10.0. The first-order chi connectivity index (χ1) is 8.88. The predicted molar refractivity (Wildman–Crippen MR) is 70.6 cm³/mol. The van der Waals surface area contributed by atoms with Crippen molar-refractivity contribution in [1.29, 1.82) is 0 Å². The van der Waals surface area contributed by atoms with E-state index in [0.717, 1.165) is 17.1 Å². The fourth-order valence-electron chi connectivity index (χ4n) is 1.53. The molecule has 0 spiro atoms. The summed E-state index contributed by atoms with van der Waals surface area (Å²) >= 11 is 0. The molecule has 0 fully saturated rings. The molecule has 0 aliphatic carbocycles. The van der Waals surface area contributed by atoms with Crippen LogP contribution in [0.2, 0.25) is 0 Å². The van der Waals surface area contributed by atoms with Crippen LogP contribution in [0.1, 0.15) is 5.69 Å². The highest BCUT2D eigenvalue weighted by molar-refractivity contribution is 5.46. The molecule has 0 aliphatic rings. The normalized spacial score (nSPS) is 10.1.